The van der Waals surface area contributed by atoms with Crippen LogP contribution in [0.4, 0.5) is 0 Å². The van der Waals surface area contributed by atoms with Crippen LogP contribution in [-0.2, 0) is 9.59 Å². The molecule has 0 saturated carbocycles. The lowest BCUT2D eigenvalue weighted by Crippen LogP contribution is -2.42. The van der Waals surface area contributed by atoms with E-state index in [-0.39, 0.29) is 11.9 Å². The summed E-state index contributed by atoms with van der Waals surface area (Å²) < 4.78 is 0. The molecule has 0 aromatic heterocycles. The van der Waals surface area contributed by atoms with Crippen molar-refractivity contribution in [1.29, 1.82) is 0 Å². The van der Waals surface area contributed by atoms with Crippen molar-refractivity contribution in [2.75, 3.05) is 0 Å². The van der Waals surface area contributed by atoms with Gasteiger partial charge in [-0.3, -0.25) is 9.59 Å². The van der Waals surface area contributed by atoms with Gasteiger partial charge in [0, 0.05) is 6.04 Å². The number of carbonyl (C=O) groups is 2. The van der Waals surface area contributed by atoms with Crippen molar-refractivity contribution in [3.63, 3.8) is 0 Å². The third-order valence-corrected chi connectivity index (χ3v) is 3.09. The Balaban J connectivity index is 2.65. The van der Waals surface area contributed by atoms with Crippen LogP contribution < -0.4 is 5.32 Å². The lowest BCUT2D eigenvalue weighted by atomic mass is 9.82. The van der Waals surface area contributed by atoms with Gasteiger partial charge in [-0.25, -0.2) is 0 Å². The smallest absolute Gasteiger partial charge is 0.307 e. The van der Waals surface area contributed by atoms with Crippen LogP contribution in [0.3, 0.4) is 0 Å². The molecule has 1 rings (SSSR count). The van der Waals surface area contributed by atoms with E-state index in [1.807, 2.05) is 26.0 Å². The molecular weight excluding hydrogens is 206 g/mol. The van der Waals surface area contributed by atoms with Crippen molar-refractivity contribution in [2.24, 2.45) is 11.8 Å². The number of carboxylic acid groups (broad SMARTS) is 1. The molecule has 0 saturated heterocycles. The monoisotopic (exact) mass is 225 g/mol. The highest BCUT2D eigenvalue weighted by molar-refractivity contribution is 5.85. The lowest BCUT2D eigenvalue weighted by molar-refractivity contribution is -0.147. The number of carboxylic acids is 1. The zero-order valence-corrected chi connectivity index (χ0v) is 9.77. The molecule has 2 N–H and O–H groups in total. The molecule has 0 aromatic carbocycles. The Kier molecular flexibility index (Phi) is 4.52. The predicted molar refractivity (Wildman–Crippen MR) is 60.9 cm³/mol. The molecule has 3 atom stereocenters. The number of amides is 1. The first kappa shape index (κ1) is 12.7. The fraction of sp³-hybridized carbons (Fsp3) is 0.667. The minimum atomic E-state index is -0.881. The van der Waals surface area contributed by atoms with Gasteiger partial charge in [-0.1, -0.05) is 19.1 Å². The summed E-state index contributed by atoms with van der Waals surface area (Å²) in [5.41, 5.74) is 0. The number of rotatable bonds is 4. The average Bonchev–Trinajstić information content (AvgIpc) is 2.28. The Bertz CT molecular complexity index is 299. The number of nitrogens with one attached hydrogen (secondary N) is 1. The highest BCUT2D eigenvalue weighted by Gasteiger charge is 2.34. The second-order valence-electron chi connectivity index (χ2n) is 4.31. The summed E-state index contributed by atoms with van der Waals surface area (Å²) in [6.45, 7) is 3.91. The van der Waals surface area contributed by atoms with Crippen molar-refractivity contribution in [3.8, 4) is 0 Å². The van der Waals surface area contributed by atoms with E-state index < -0.39 is 17.8 Å². The Morgan fingerprint density at radius 1 is 1.38 bits per heavy atom. The Morgan fingerprint density at radius 3 is 2.44 bits per heavy atom. The molecular formula is C12H19NO3. The van der Waals surface area contributed by atoms with Crippen LogP contribution in [0.2, 0.25) is 0 Å². The van der Waals surface area contributed by atoms with Gasteiger partial charge in [0.1, 0.15) is 0 Å². The van der Waals surface area contributed by atoms with Crippen LogP contribution in [-0.4, -0.2) is 23.0 Å². The van der Waals surface area contributed by atoms with Crippen LogP contribution in [0.15, 0.2) is 12.2 Å². The highest BCUT2D eigenvalue weighted by atomic mass is 16.4. The van der Waals surface area contributed by atoms with Crippen LogP contribution in [0.5, 0.6) is 0 Å². The summed E-state index contributed by atoms with van der Waals surface area (Å²) >= 11 is 0. The first-order valence-corrected chi connectivity index (χ1v) is 5.74. The first-order valence-electron chi connectivity index (χ1n) is 5.74. The SMILES string of the molecule is CC[C@H](C)NC(=O)[C@@H]1CC=CC[C@H]1C(=O)O. The van der Waals surface area contributed by atoms with Crippen molar-refractivity contribution >= 4 is 11.9 Å². The topological polar surface area (TPSA) is 66.4 Å². The quantitative estimate of drug-likeness (QED) is 0.714. The second kappa shape index (κ2) is 5.68. The van der Waals surface area contributed by atoms with E-state index in [0.29, 0.717) is 12.8 Å². The van der Waals surface area contributed by atoms with Gasteiger partial charge in [-0.05, 0) is 26.2 Å². The van der Waals surface area contributed by atoms with E-state index in [9.17, 15) is 9.59 Å². The molecule has 0 radical (unpaired) electrons. The maximum absolute atomic E-state index is 11.9. The molecule has 0 spiro atoms. The molecule has 1 aliphatic rings. The minimum absolute atomic E-state index is 0.104. The normalized spacial score (nSPS) is 26.1. The molecule has 4 nitrogen and oxygen atoms in total. The lowest BCUT2D eigenvalue weighted by Gasteiger charge is -2.25. The molecule has 0 fully saturated rings. The standard InChI is InChI=1S/C12H19NO3/c1-3-8(2)13-11(14)9-6-4-5-7-10(9)12(15)16/h4-5,8-10H,3,6-7H2,1-2H3,(H,13,14)(H,15,16)/t8-,9+,10+/m0/s1. The third-order valence-electron chi connectivity index (χ3n) is 3.09. The van der Waals surface area contributed by atoms with E-state index in [4.69, 9.17) is 5.11 Å². The van der Waals surface area contributed by atoms with E-state index >= 15 is 0 Å². The summed E-state index contributed by atoms with van der Waals surface area (Å²) in [5.74, 6) is -2.01. The van der Waals surface area contributed by atoms with E-state index in [1.54, 1.807) is 0 Å². The first-order chi connectivity index (χ1) is 7.56. The van der Waals surface area contributed by atoms with Gasteiger partial charge in [0.15, 0.2) is 0 Å². The summed E-state index contributed by atoms with van der Waals surface area (Å²) in [5, 5.41) is 11.9. The van der Waals surface area contributed by atoms with Gasteiger partial charge >= 0.3 is 5.97 Å². The third kappa shape index (κ3) is 3.08. The van der Waals surface area contributed by atoms with Crippen molar-refractivity contribution in [3.05, 3.63) is 12.2 Å². The molecule has 0 bridgehead atoms. The van der Waals surface area contributed by atoms with Gasteiger partial charge in [0.25, 0.3) is 0 Å². The van der Waals surface area contributed by atoms with Crippen LogP contribution in [0.1, 0.15) is 33.1 Å². The van der Waals surface area contributed by atoms with E-state index in [2.05, 4.69) is 5.32 Å². The number of hydrogen-bond donors (Lipinski definition) is 2. The molecule has 0 unspecified atom stereocenters. The van der Waals surface area contributed by atoms with Gasteiger partial charge in [-0.2, -0.15) is 0 Å². The Morgan fingerprint density at radius 2 is 1.94 bits per heavy atom. The number of carbonyl (C=O) groups excluding carboxylic acids is 1. The van der Waals surface area contributed by atoms with E-state index in [0.717, 1.165) is 6.42 Å². The zero-order valence-electron chi connectivity index (χ0n) is 9.77. The maximum Gasteiger partial charge on any atom is 0.307 e. The molecule has 16 heavy (non-hydrogen) atoms. The largest absolute Gasteiger partial charge is 0.481 e. The molecule has 0 heterocycles. The fourth-order valence-electron chi connectivity index (χ4n) is 1.83. The molecule has 0 aromatic rings. The van der Waals surface area contributed by atoms with Gasteiger partial charge in [0.05, 0.1) is 11.8 Å². The maximum atomic E-state index is 11.9. The minimum Gasteiger partial charge on any atom is -0.481 e. The Labute approximate surface area is 95.7 Å². The summed E-state index contributed by atoms with van der Waals surface area (Å²) in [4.78, 5) is 22.9. The molecule has 1 aliphatic carbocycles. The van der Waals surface area contributed by atoms with Gasteiger partial charge in [-0.15, -0.1) is 0 Å². The number of hydrogen-bond acceptors (Lipinski definition) is 2. The number of aliphatic carboxylic acids is 1. The molecule has 1 amide bonds. The van der Waals surface area contributed by atoms with Crippen LogP contribution >= 0.6 is 0 Å². The second-order valence-corrected chi connectivity index (χ2v) is 4.31. The summed E-state index contributed by atoms with van der Waals surface area (Å²) in [6, 6.07) is 0.104. The molecule has 4 heteroatoms. The van der Waals surface area contributed by atoms with Crippen molar-refractivity contribution in [1.82, 2.24) is 5.32 Å². The van der Waals surface area contributed by atoms with Crippen LogP contribution in [0, 0.1) is 11.8 Å². The molecule has 0 aliphatic heterocycles. The van der Waals surface area contributed by atoms with E-state index in [1.165, 1.54) is 0 Å². The highest BCUT2D eigenvalue weighted by Crippen LogP contribution is 2.26. The fourth-order valence-corrected chi connectivity index (χ4v) is 1.83. The molecule has 90 valence electrons. The Hall–Kier alpha value is -1.32. The summed E-state index contributed by atoms with van der Waals surface area (Å²) in [6.07, 6.45) is 5.56. The van der Waals surface area contributed by atoms with Crippen LogP contribution in [0.25, 0.3) is 0 Å². The predicted octanol–water partition coefficient (Wildman–Crippen LogP) is 1.57. The van der Waals surface area contributed by atoms with Crippen molar-refractivity contribution in [2.45, 2.75) is 39.2 Å². The van der Waals surface area contributed by atoms with Gasteiger partial charge in [0.2, 0.25) is 5.91 Å². The van der Waals surface area contributed by atoms with Gasteiger partial charge < -0.3 is 10.4 Å². The van der Waals surface area contributed by atoms with Crippen molar-refractivity contribution < 1.29 is 14.7 Å². The zero-order chi connectivity index (χ0) is 12.1. The average molecular weight is 225 g/mol. The summed E-state index contributed by atoms with van der Waals surface area (Å²) in [7, 11) is 0. The number of allylic oxidation sites excluding steroid dienone is 2.